The molecule has 0 unspecified atom stereocenters. The van der Waals surface area contributed by atoms with Crippen LogP contribution in [0, 0.1) is 18.8 Å². The molecule has 1 heterocycles. The first-order valence-corrected chi connectivity index (χ1v) is 16.8. The number of carbonyl (C=O) groups is 2. The van der Waals surface area contributed by atoms with E-state index in [1.807, 2.05) is 61.5 Å². The molecule has 0 fully saturated rings. The predicted molar refractivity (Wildman–Crippen MR) is 186 cm³/mol. The number of aryl methyl sites for hydroxylation is 1. The van der Waals surface area contributed by atoms with Gasteiger partial charge in [-0.15, -0.1) is 0 Å². The maximum Gasteiger partial charge on any atom is 0.266 e. The van der Waals surface area contributed by atoms with Crippen LogP contribution in [0.2, 0.25) is 0 Å². The Hall–Kier alpha value is -6.43. The van der Waals surface area contributed by atoms with Crippen LogP contribution in [0.3, 0.4) is 0 Å². The van der Waals surface area contributed by atoms with Crippen LogP contribution in [0.4, 0.5) is 5.69 Å². The van der Waals surface area contributed by atoms with Gasteiger partial charge in [-0.1, -0.05) is 47.7 Å². The molecule has 1 aliphatic heterocycles. The molecule has 0 radical (unpaired) electrons. The summed E-state index contributed by atoms with van der Waals surface area (Å²) in [6.07, 6.45) is 0. The smallest absolute Gasteiger partial charge is 0.266 e. The molecular formula is C41H27NO6S. The van der Waals surface area contributed by atoms with E-state index in [1.165, 1.54) is 24.3 Å². The average Bonchev–Trinajstić information content (AvgIpc) is 3.38. The van der Waals surface area contributed by atoms with Gasteiger partial charge in [-0.2, -0.15) is 0 Å². The lowest BCUT2D eigenvalue weighted by Gasteiger charge is -2.14. The number of hydrogen-bond donors (Lipinski definition) is 0. The van der Waals surface area contributed by atoms with Crippen molar-refractivity contribution in [3.63, 3.8) is 0 Å². The van der Waals surface area contributed by atoms with Gasteiger partial charge in [0.2, 0.25) is 9.84 Å². The van der Waals surface area contributed by atoms with Crippen LogP contribution in [0.15, 0.2) is 155 Å². The summed E-state index contributed by atoms with van der Waals surface area (Å²) in [4.78, 5) is 27.8. The van der Waals surface area contributed by atoms with E-state index in [-0.39, 0.29) is 9.79 Å². The quantitative estimate of drug-likeness (QED) is 0.126. The Kier molecular flexibility index (Phi) is 8.27. The summed E-state index contributed by atoms with van der Waals surface area (Å²) in [7, 11) is -3.78. The number of benzene rings is 6. The van der Waals surface area contributed by atoms with E-state index in [2.05, 4.69) is 11.8 Å². The van der Waals surface area contributed by atoms with Crippen molar-refractivity contribution in [1.82, 2.24) is 0 Å². The number of hydrogen-bond acceptors (Lipinski definition) is 6. The minimum Gasteiger partial charge on any atom is -0.457 e. The third kappa shape index (κ3) is 6.57. The highest BCUT2D eigenvalue weighted by Crippen LogP contribution is 2.32. The highest BCUT2D eigenvalue weighted by atomic mass is 32.2. The number of fused-ring (bicyclic) bond motifs is 1. The van der Waals surface area contributed by atoms with Gasteiger partial charge in [-0.25, -0.2) is 13.3 Å². The van der Waals surface area contributed by atoms with E-state index in [1.54, 1.807) is 66.7 Å². The first kappa shape index (κ1) is 31.2. The van der Waals surface area contributed by atoms with E-state index < -0.39 is 21.7 Å². The number of ether oxygens (including phenoxy) is 2. The zero-order valence-electron chi connectivity index (χ0n) is 26.2. The molecule has 6 aromatic carbocycles. The second kappa shape index (κ2) is 13.0. The van der Waals surface area contributed by atoms with Crippen LogP contribution in [0.25, 0.3) is 0 Å². The molecule has 0 atom stereocenters. The van der Waals surface area contributed by atoms with Gasteiger partial charge in [0, 0.05) is 11.1 Å². The predicted octanol–water partition coefficient (Wildman–Crippen LogP) is 8.61. The van der Waals surface area contributed by atoms with E-state index in [0.29, 0.717) is 45.4 Å². The molecule has 49 heavy (non-hydrogen) atoms. The molecule has 1 aliphatic rings. The van der Waals surface area contributed by atoms with Crippen molar-refractivity contribution in [1.29, 1.82) is 0 Å². The molecule has 238 valence electrons. The molecule has 0 bridgehead atoms. The lowest BCUT2D eigenvalue weighted by atomic mass is 10.1. The van der Waals surface area contributed by atoms with Gasteiger partial charge in [0.1, 0.15) is 23.0 Å². The molecule has 0 N–H and O–H groups in total. The molecule has 0 aromatic heterocycles. The highest BCUT2D eigenvalue weighted by molar-refractivity contribution is 7.91. The standard InChI is InChI=1S/C41H27NO6S/c1-28-7-14-32(15-8-28)47-34-18-22-36(23-19-34)49(45,46)37-24-20-35(21-25-37)48-33-16-12-31(13-17-33)42-40(43)38-26-11-30(27-39(38)41(42)44)10-9-29-5-3-2-4-6-29/h2-8,11-27H,1H3. The Bertz CT molecular complexity index is 2360. The number of carbonyl (C=O) groups excluding carboxylic acids is 2. The van der Waals surface area contributed by atoms with Crippen molar-refractivity contribution in [2.24, 2.45) is 0 Å². The lowest BCUT2D eigenvalue weighted by molar-refractivity contribution is 0.0926. The number of nitrogens with zero attached hydrogens (tertiary/aromatic N) is 1. The fraction of sp³-hybridized carbons (Fsp3) is 0.0244. The van der Waals surface area contributed by atoms with E-state index in [4.69, 9.17) is 9.47 Å². The lowest BCUT2D eigenvalue weighted by Crippen LogP contribution is -2.29. The number of rotatable bonds is 7. The molecule has 7 rings (SSSR count). The molecule has 2 amide bonds. The summed E-state index contributed by atoms with van der Waals surface area (Å²) in [6, 6.07) is 41.0. The number of anilines is 1. The van der Waals surface area contributed by atoms with Crippen LogP contribution < -0.4 is 14.4 Å². The van der Waals surface area contributed by atoms with Crippen molar-refractivity contribution in [3.8, 4) is 34.8 Å². The topological polar surface area (TPSA) is 90.0 Å². The first-order valence-electron chi connectivity index (χ1n) is 15.3. The van der Waals surface area contributed by atoms with Crippen molar-refractivity contribution < 1.29 is 27.5 Å². The van der Waals surface area contributed by atoms with Crippen LogP contribution in [-0.2, 0) is 9.84 Å². The first-order chi connectivity index (χ1) is 23.7. The molecular weight excluding hydrogens is 635 g/mol. The fourth-order valence-corrected chi connectivity index (χ4v) is 6.53. The van der Waals surface area contributed by atoms with Crippen LogP contribution >= 0.6 is 0 Å². The Morgan fingerprint density at radius 2 is 0.980 bits per heavy atom. The van der Waals surface area contributed by atoms with Gasteiger partial charge in [-0.3, -0.25) is 9.59 Å². The van der Waals surface area contributed by atoms with Gasteiger partial charge >= 0.3 is 0 Å². The zero-order chi connectivity index (χ0) is 34.0. The summed E-state index contributed by atoms with van der Waals surface area (Å²) in [5.41, 5.74) is 3.61. The summed E-state index contributed by atoms with van der Waals surface area (Å²) in [5.74, 6) is 7.33. The molecule has 0 saturated heterocycles. The minimum absolute atomic E-state index is 0.113. The number of sulfone groups is 1. The van der Waals surface area contributed by atoms with Crippen LogP contribution in [0.1, 0.15) is 37.4 Å². The van der Waals surface area contributed by atoms with Gasteiger partial charge in [0.25, 0.3) is 11.8 Å². The second-order valence-electron chi connectivity index (χ2n) is 11.3. The monoisotopic (exact) mass is 661 g/mol. The van der Waals surface area contributed by atoms with Crippen molar-refractivity contribution in [3.05, 3.63) is 173 Å². The van der Waals surface area contributed by atoms with Crippen molar-refractivity contribution in [2.75, 3.05) is 4.90 Å². The fourth-order valence-electron chi connectivity index (χ4n) is 5.27. The normalized spacial score (nSPS) is 12.2. The maximum atomic E-state index is 13.3. The van der Waals surface area contributed by atoms with Crippen molar-refractivity contribution >= 4 is 27.3 Å². The molecule has 0 aliphatic carbocycles. The minimum atomic E-state index is -3.78. The summed E-state index contributed by atoms with van der Waals surface area (Å²) >= 11 is 0. The third-order valence-corrected chi connectivity index (χ3v) is 9.65. The summed E-state index contributed by atoms with van der Waals surface area (Å²) in [6.45, 7) is 1.99. The van der Waals surface area contributed by atoms with E-state index >= 15 is 0 Å². The maximum absolute atomic E-state index is 13.3. The Labute approximate surface area is 283 Å². The van der Waals surface area contributed by atoms with Crippen LogP contribution in [-0.4, -0.2) is 20.2 Å². The van der Waals surface area contributed by atoms with Crippen molar-refractivity contribution in [2.45, 2.75) is 16.7 Å². The van der Waals surface area contributed by atoms with Gasteiger partial charge in [0.15, 0.2) is 0 Å². The average molecular weight is 662 g/mol. The highest BCUT2D eigenvalue weighted by Gasteiger charge is 2.36. The Balaban J connectivity index is 1.01. The molecule has 0 saturated carbocycles. The number of amides is 2. The summed E-state index contributed by atoms with van der Waals surface area (Å²) < 4.78 is 38.3. The molecule has 8 heteroatoms. The second-order valence-corrected chi connectivity index (χ2v) is 13.2. The summed E-state index contributed by atoms with van der Waals surface area (Å²) in [5, 5.41) is 0. The van der Waals surface area contributed by atoms with Gasteiger partial charge in [0.05, 0.1) is 26.6 Å². The Morgan fingerprint density at radius 1 is 0.510 bits per heavy atom. The Morgan fingerprint density at radius 3 is 1.53 bits per heavy atom. The molecule has 7 nitrogen and oxygen atoms in total. The molecule has 6 aromatic rings. The van der Waals surface area contributed by atoms with E-state index in [0.717, 1.165) is 16.0 Å². The van der Waals surface area contributed by atoms with Gasteiger partial charge < -0.3 is 9.47 Å². The zero-order valence-corrected chi connectivity index (χ0v) is 27.0. The third-order valence-electron chi connectivity index (χ3n) is 7.87. The van der Waals surface area contributed by atoms with E-state index in [9.17, 15) is 18.0 Å². The largest absolute Gasteiger partial charge is 0.457 e. The number of imide groups is 1. The van der Waals surface area contributed by atoms with Gasteiger partial charge in [-0.05, 0) is 122 Å². The SMILES string of the molecule is Cc1ccc(Oc2ccc(S(=O)(=O)c3ccc(Oc4ccc(N5C(=O)c6ccc(C#Cc7ccccc7)cc6C5=O)cc4)cc3)cc2)cc1. The molecule has 0 spiro atoms. The van der Waals surface area contributed by atoms with Crippen LogP contribution in [0.5, 0.6) is 23.0 Å².